The number of ether oxygens (including phenoxy) is 3. The zero-order chi connectivity index (χ0) is 13.5. The number of rotatable bonds is 6. The Hall–Kier alpha value is -1.75. The number of benzene rings is 1. The Balaban J connectivity index is 2.69. The average Bonchev–Trinajstić information content (AvgIpc) is 2.43. The molecular weight excluding hydrogens is 234 g/mol. The van der Waals surface area contributed by atoms with Crippen molar-refractivity contribution < 1.29 is 19.0 Å². The SMILES string of the molecule is COc1cc(CNC(=O)C(C)OC)cc(OC)c1. The van der Waals surface area contributed by atoms with Gasteiger partial charge in [-0.3, -0.25) is 4.79 Å². The van der Waals surface area contributed by atoms with Crippen LogP contribution in [-0.2, 0) is 16.1 Å². The van der Waals surface area contributed by atoms with Crippen LogP contribution >= 0.6 is 0 Å². The molecule has 1 unspecified atom stereocenters. The molecule has 0 radical (unpaired) electrons. The second-order valence-corrected chi connectivity index (χ2v) is 3.82. The predicted molar refractivity (Wildman–Crippen MR) is 67.9 cm³/mol. The standard InChI is InChI=1S/C13H19NO4/c1-9(16-2)13(15)14-8-10-5-11(17-3)7-12(6-10)18-4/h5-7,9H,8H2,1-4H3,(H,14,15). The smallest absolute Gasteiger partial charge is 0.249 e. The van der Waals surface area contributed by atoms with E-state index in [0.717, 1.165) is 5.56 Å². The summed E-state index contributed by atoms with van der Waals surface area (Å²) in [5.41, 5.74) is 0.905. The topological polar surface area (TPSA) is 56.8 Å². The highest BCUT2D eigenvalue weighted by Crippen LogP contribution is 2.22. The van der Waals surface area contributed by atoms with E-state index in [1.807, 2.05) is 12.1 Å². The van der Waals surface area contributed by atoms with Crippen molar-refractivity contribution >= 4 is 5.91 Å². The molecule has 1 N–H and O–H groups in total. The van der Waals surface area contributed by atoms with Gasteiger partial charge in [0.15, 0.2) is 0 Å². The number of carbonyl (C=O) groups is 1. The molecule has 18 heavy (non-hydrogen) atoms. The van der Waals surface area contributed by atoms with E-state index in [1.165, 1.54) is 7.11 Å². The summed E-state index contributed by atoms with van der Waals surface area (Å²) in [5, 5.41) is 2.78. The second-order valence-electron chi connectivity index (χ2n) is 3.82. The average molecular weight is 253 g/mol. The Bertz CT molecular complexity index is 384. The first kappa shape index (κ1) is 14.3. The lowest BCUT2D eigenvalue weighted by molar-refractivity contribution is -0.130. The Kier molecular flexibility index (Phi) is 5.45. The van der Waals surface area contributed by atoms with Crippen LogP contribution in [0.3, 0.4) is 0 Å². The van der Waals surface area contributed by atoms with Crippen molar-refractivity contribution in [3.05, 3.63) is 23.8 Å². The highest BCUT2D eigenvalue weighted by atomic mass is 16.5. The van der Waals surface area contributed by atoms with Gasteiger partial charge < -0.3 is 19.5 Å². The van der Waals surface area contributed by atoms with Crippen molar-refractivity contribution in [1.82, 2.24) is 5.32 Å². The van der Waals surface area contributed by atoms with Gasteiger partial charge in [0.1, 0.15) is 17.6 Å². The summed E-state index contributed by atoms with van der Waals surface area (Å²) in [7, 11) is 4.67. The van der Waals surface area contributed by atoms with Crippen LogP contribution in [0.4, 0.5) is 0 Å². The molecule has 1 aromatic rings. The van der Waals surface area contributed by atoms with E-state index in [-0.39, 0.29) is 5.91 Å². The maximum Gasteiger partial charge on any atom is 0.249 e. The highest BCUT2D eigenvalue weighted by molar-refractivity contribution is 5.80. The van der Waals surface area contributed by atoms with Crippen LogP contribution in [0.1, 0.15) is 12.5 Å². The molecule has 0 aliphatic carbocycles. The molecule has 1 rings (SSSR count). The van der Waals surface area contributed by atoms with E-state index >= 15 is 0 Å². The number of nitrogens with one attached hydrogen (secondary N) is 1. The summed E-state index contributed by atoms with van der Waals surface area (Å²) in [6, 6.07) is 5.48. The van der Waals surface area contributed by atoms with E-state index in [4.69, 9.17) is 14.2 Å². The van der Waals surface area contributed by atoms with Gasteiger partial charge >= 0.3 is 0 Å². The maximum atomic E-state index is 11.6. The molecule has 5 heteroatoms. The first-order valence-electron chi connectivity index (χ1n) is 5.63. The van der Waals surface area contributed by atoms with Crippen molar-refractivity contribution in [2.75, 3.05) is 21.3 Å². The summed E-state index contributed by atoms with van der Waals surface area (Å²) in [4.78, 5) is 11.6. The van der Waals surface area contributed by atoms with Crippen molar-refractivity contribution in [1.29, 1.82) is 0 Å². The number of amides is 1. The first-order valence-corrected chi connectivity index (χ1v) is 5.63. The van der Waals surface area contributed by atoms with Crippen molar-refractivity contribution in [2.24, 2.45) is 0 Å². The van der Waals surface area contributed by atoms with Crippen molar-refractivity contribution in [2.45, 2.75) is 19.6 Å². The third kappa shape index (κ3) is 3.92. The Labute approximate surface area is 107 Å². The summed E-state index contributed by atoms with van der Waals surface area (Å²) < 4.78 is 15.2. The number of methoxy groups -OCH3 is 3. The molecule has 1 amide bonds. The number of hydrogen-bond donors (Lipinski definition) is 1. The lowest BCUT2D eigenvalue weighted by Gasteiger charge is -2.12. The van der Waals surface area contributed by atoms with Gasteiger partial charge in [-0.25, -0.2) is 0 Å². The number of carbonyl (C=O) groups excluding carboxylic acids is 1. The Morgan fingerprint density at radius 1 is 1.17 bits per heavy atom. The number of hydrogen-bond acceptors (Lipinski definition) is 4. The lowest BCUT2D eigenvalue weighted by atomic mass is 10.2. The third-order valence-corrected chi connectivity index (χ3v) is 2.60. The Morgan fingerprint density at radius 3 is 2.17 bits per heavy atom. The van der Waals surface area contributed by atoms with Crippen LogP contribution in [0, 0.1) is 0 Å². The van der Waals surface area contributed by atoms with Crippen LogP contribution in [0.2, 0.25) is 0 Å². The summed E-state index contributed by atoms with van der Waals surface area (Å²) >= 11 is 0. The van der Waals surface area contributed by atoms with Crippen LogP contribution < -0.4 is 14.8 Å². The first-order chi connectivity index (χ1) is 8.60. The van der Waals surface area contributed by atoms with Gasteiger partial charge in [-0.1, -0.05) is 0 Å². The molecule has 1 atom stereocenters. The minimum atomic E-state index is -0.461. The lowest BCUT2D eigenvalue weighted by Crippen LogP contribution is -2.33. The summed E-state index contributed by atoms with van der Waals surface area (Å²) in [6.07, 6.45) is -0.461. The zero-order valence-corrected chi connectivity index (χ0v) is 11.1. The zero-order valence-electron chi connectivity index (χ0n) is 11.1. The van der Waals surface area contributed by atoms with Gasteiger partial charge in [-0.05, 0) is 24.6 Å². The summed E-state index contributed by atoms with van der Waals surface area (Å²) in [6.45, 7) is 2.10. The molecule has 0 fully saturated rings. The normalized spacial score (nSPS) is 11.8. The second kappa shape index (κ2) is 6.86. The molecule has 0 saturated heterocycles. The molecular formula is C13H19NO4. The summed E-state index contributed by atoms with van der Waals surface area (Å²) in [5.74, 6) is 1.23. The third-order valence-electron chi connectivity index (χ3n) is 2.60. The fraction of sp³-hybridized carbons (Fsp3) is 0.462. The van der Waals surface area contributed by atoms with Gasteiger partial charge in [0, 0.05) is 19.7 Å². The molecule has 0 bridgehead atoms. The van der Waals surface area contributed by atoms with Gasteiger partial charge in [-0.2, -0.15) is 0 Å². The highest BCUT2D eigenvalue weighted by Gasteiger charge is 2.11. The predicted octanol–water partition coefficient (Wildman–Crippen LogP) is 1.35. The van der Waals surface area contributed by atoms with Gasteiger partial charge in [0.25, 0.3) is 0 Å². The molecule has 0 spiro atoms. The van der Waals surface area contributed by atoms with E-state index in [1.54, 1.807) is 27.2 Å². The molecule has 0 aliphatic rings. The van der Waals surface area contributed by atoms with E-state index in [9.17, 15) is 4.79 Å². The molecule has 1 aromatic carbocycles. The van der Waals surface area contributed by atoms with Crippen LogP contribution in [0.15, 0.2) is 18.2 Å². The van der Waals surface area contributed by atoms with Gasteiger partial charge in [0.2, 0.25) is 5.91 Å². The molecule has 0 heterocycles. The molecule has 0 saturated carbocycles. The molecule has 0 aromatic heterocycles. The Morgan fingerprint density at radius 2 is 1.72 bits per heavy atom. The molecule has 5 nitrogen and oxygen atoms in total. The van der Waals surface area contributed by atoms with Crippen molar-refractivity contribution in [3.8, 4) is 11.5 Å². The molecule has 100 valence electrons. The fourth-order valence-corrected chi connectivity index (χ4v) is 1.41. The van der Waals surface area contributed by atoms with Crippen LogP contribution in [-0.4, -0.2) is 33.3 Å². The minimum absolute atomic E-state index is 0.153. The van der Waals surface area contributed by atoms with Crippen LogP contribution in [0.5, 0.6) is 11.5 Å². The largest absolute Gasteiger partial charge is 0.497 e. The van der Waals surface area contributed by atoms with E-state index in [0.29, 0.717) is 18.0 Å². The quantitative estimate of drug-likeness (QED) is 0.831. The minimum Gasteiger partial charge on any atom is -0.497 e. The monoisotopic (exact) mass is 253 g/mol. The van der Waals surface area contributed by atoms with Crippen LogP contribution in [0.25, 0.3) is 0 Å². The van der Waals surface area contributed by atoms with Gasteiger partial charge in [0.05, 0.1) is 14.2 Å². The maximum absolute atomic E-state index is 11.6. The fourth-order valence-electron chi connectivity index (χ4n) is 1.41. The molecule has 0 aliphatic heterocycles. The van der Waals surface area contributed by atoms with Crippen molar-refractivity contribution in [3.63, 3.8) is 0 Å². The van der Waals surface area contributed by atoms with E-state index in [2.05, 4.69) is 5.32 Å². The van der Waals surface area contributed by atoms with E-state index < -0.39 is 6.10 Å². The van der Waals surface area contributed by atoms with Gasteiger partial charge in [-0.15, -0.1) is 0 Å².